The average molecular weight is 1830 g/mol. The number of H-pyrrole nitrogens is 1. The number of phenolic OH excluding ortho intramolecular Hbond substituents is 2. The summed E-state index contributed by atoms with van der Waals surface area (Å²) in [4.78, 5) is 222. The number of thioether (sulfide) groups is 1. The molecule has 130 heavy (non-hydrogen) atoms. The van der Waals surface area contributed by atoms with E-state index in [1.54, 1.807) is 113 Å². The molecule has 0 bridgehead atoms. The molecule has 0 fully saturated rings. The first-order chi connectivity index (χ1) is 61.8. The number of aliphatic hydroxyl groups is 1. The van der Waals surface area contributed by atoms with Gasteiger partial charge in [-0.1, -0.05) is 174 Å². The third-order valence-corrected chi connectivity index (χ3v) is 22.9. The number of hydrogen-bond donors (Lipinski definition) is 16. The molecule has 1 heterocycles. The number of aliphatic hydroxyl groups excluding tert-OH is 1. The Morgan fingerprint density at radius 1 is 0.485 bits per heavy atom. The minimum atomic E-state index is -1.82. The number of para-hydroxylation sites is 1. The van der Waals surface area contributed by atoms with Crippen LogP contribution in [0.5, 0.6) is 11.5 Å². The third-order valence-electron chi connectivity index (χ3n) is 21.6. The Balaban J connectivity index is 1.11. The van der Waals surface area contributed by atoms with E-state index in [4.69, 9.17) is 17.3 Å². The summed E-state index contributed by atoms with van der Waals surface area (Å²) in [6.45, 7) is 6.68. The van der Waals surface area contributed by atoms with Crippen LogP contribution in [0, 0.1) is 11.8 Å². The van der Waals surface area contributed by atoms with Crippen LogP contribution < -0.4 is 58.9 Å². The molecule has 0 aliphatic carbocycles. The molecule has 14 amide bonds. The van der Waals surface area contributed by atoms with Gasteiger partial charge in [-0.2, -0.15) is 0 Å². The van der Waals surface area contributed by atoms with Crippen molar-refractivity contribution in [1.29, 1.82) is 0 Å². The molecule has 37 heteroatoms. The number of likely N-dealkylation sites (N-methyl/N-ethyl adjacent to an activating group) is 5. The van der Waals surface area contributed by atoms with E-state index in [2.05, 4.69) is 58.2 Å². The molecule has 35 nitrogen and oxygen atoms in total. The number of amides is 14. The lowest BCUT2D eigenvalue weighted by atomic mass is 9.98. The Bertz CT molecular complexity index is 4990. The van der Waals surface area contributed by atoms with Gasteiger partial charge in [0.25, 0.3) is 0 Å². The molecule has 7 aromatic rings. The van der Waals surface area contributed by atoms with Crippen molar-refractivity contribution in [2.24, 2.45) is 17.6 Å². The number of unbranched alkanes of at least 4 members (excludes halogenated alkanes) is 1. The second kappa shape index (κ2) is 51.9. The smallest absolute Gasteiger partial charge is 0.305 e. The first kappa shape index (κ1) is 104. The summed E-state index contributed by atoms with van der Waals surface area (Å²) in [5.41, 5.74) is 9.70. The van der Waals surface area contributed by atoms with Gasteiger partial charge in [0.1, 0.15) is 78.1 Å². The van der Waals surface area contributed by atoms with E-state index in [0.717, 1.165) is 32.0 Å². The number of carboxylic acid groups (broad SMARTS) is 1. The van der Waals surface area contributed by atoms with Crippen molar-refractivity contribution in [1.82, 2.24) is 77.8 Å². The molecule has 0 aliphatic heterocycles. The van der Waals surface area contributed by atoms with Crippen LogP contribution in [0.15, 0.2) is 164 Å². The van der Waals surface area contributed by atoms with Crippen LogP contribution in [0.2, 0.25) is 5.02 Å². The van der Waals surface area contributed by atoms with Crippen LogP contribution >= 0.6 is 23.4 Å². The van der Waals surface area contributed by atoms with Gasteiger partial charge in [-0.05, 0) is 107 Å². The molecular formula is C93H121ClN16O19S. The number of nitrogens with one attached hydrogen (secondary N) is 11. The molecule has 0 radical (unpaired) electrons. The number of rotatable bonds is 51. The zero-order chi connectivity index (χ0) is 95.4. The van der Waals surface area contributed by atoms with Crippen LogP contribution in [0.1, 0.15) is 107 Å². The second-order valence-corrected chi connectivity index (χ2v) is 34.3. The standard InChI is InChI=1S/C93H121ClN16O19S/c1-11-12-27-75(109(9)81(117)41-34-57-21-15-13-16-22-57)92(128)108(8)52-79(115)100-72(48-82(118)119)89(125)106-83(56(4)5)93(129)110(10)76(46-58-23-17-14-18-24-58)90(126)104-73(45-61-32-39-65(112)40-33-61)91(127)107(7)51-78(114)99-71(47-62-49-97-67-26-20-19-25-66(62)67)88(124)103-70(44-60-30-37-64(111)38-31-60)87(123)102-68(42-55(2)3)86(122)105-74(85(121)98-50-77(95)113)53-130-54-80(116)101-69(84(120)96-6)43-59-28-35-63(94)36-29-59/h13-26,28-33,35-40,49,55-56,68-77,83,97,111-113H,11-12,27,34,41-48,50-54,95H2,1-10H3,(H,96,120)(H,98,121)(H,99,114)(H,100,115)(H,101,116)(H,102,123)(H,103,124)(H,104,126)(H,105,122)(H,106,125)(H,118,119). The van der Waals surface area contributed by atoms with E-state index in [0.29, 0.717) is 63.0 Å². The largest absolute Gasteiger partial charge is 0.508 e. The monoisotopic (exact) mass is 1830 g/mol. The van der Waals surface area contributed by atoms with Crippen molar-refractivity contribution < 1.29 is 92.3 Å². The molecule has 0 spiro atoms. The van der Waals surface area contributed by atoms with Crippen LogP contribution in [0.3, 0.4) is 0 Å². The van der Waals surface area contributed by atoms with Crippen molar-refractivity contribution >= 4 is 123 Å². The molecule has 11 unspecified atom stereocenters. The number of aromatic hydroxyl groups is 2. The van der Waals surface area contributed by atoms with Gasteiger partial charge in [0.2, 0.25) is 82.7 Å². The lowest BCUT2D eigenvalue weighted by Gasteiger charge is -2.34. The van der Waals surface area contributed by atoms with E-state index in [9.17, 15) is 68.4 Å². The van der Waals surface area contributed by atoms with E-state index >= 15 is 24.0 Å². The third kappa shape index (κ3) is 33.6. The summed E-state index contributed by atoms with van der Waals surface area (Å²) in [5, 5.41) is 68.3. The highest BCUT2D eigenvalue weighted by molar-refractivity contribution is 8.00. The summed E-state index contributed by atoms with van der Waals surface area (Å²) in [6, 6.07) is 28.6. The lowest BCUT2D eigenvalue weighted by molar-refractivity contribution is -0.146. The van der Waals surface area contributed by atoms with Gasteiger partial charge in [0.15, 0.2) is 0 Å². The Kier molecular flexibility index (Phi) is 41.6. The van der Waals surface area contributed by atoms with Gasteiger partial charge in [0, 0.05) is 102 Å². The molecule has 0 saturated carbocycles. The lowest BCUT2D eigenvalue weighted by Crippen LogP contribution is -2.61. The van der Waals surface area contributed by atoms with Gasteiger partial charge in [-0.25, -0.2) is 0 Å². The number of carbonyl (C=O) groups excluding carboxylic acids is 14. The first-order valence-corrected chi connectivity index (χ1v) is 44.4. The maximum absolute atomic E-state index is 15.4. The fraction of sp³-hybridized carbons (Fsp3) is 0.430. The highest BCUT2D eigenvalue weighted by atomic mass is 35.5. The van der Waals surface area contributed by atoms with Gasteiger partial charge in [-0.3, -0.25) is 71.9 Å². The molecule has 1 aromatic heterocycles. The molecule has 700 valence electrons. The minimum Gasteiger partial charge on any atom is -0.508 e. The maximum atomic E-state index is 15.4. The number of aryl methyl sites for hydroxylation is 1. The van der Waals surface area contributed by atoms with Crippen LogP contribution in [0.4, 0.5) is 0 Å². The molecular weight excluding hydrogens is 1710 g/mol. The number of nitrogens with zero attached hydrogens (tertiary/aromatic N) is 4. The number of carboxylic acids is 1. The second-order valence-electron chi connectivity index (χ2n) is 32.8. The highest BCUT2D eigenvalue weighted by Gasteiger charge is 2.40. The summed E-state index contributed by atoms with van der Waals surface area (Å²) >= 11 is 6.99. The van der Waals surface area contributed by atoms with Gasteiger partial charge >= 0.3 is 5.97 Å². The number of phenols is 2. The highest BCUT2D eigenvalue weighted by Crippen LogP contribution is 2.24. The summed E-state index contributed by atoms with van der Waals surface area (Å²) < 4.78 is 0. The van der Waals surface area contributed by atoms with Gasteiger partial charge in [0.05, 0.1) is 31.8 Å². The van der Waals surface area contributed by atoms with Crippen LogP contribution in [0.25, 0.3) is 10.9 Å². The Morgan fingerprint density at radius 3 is 1.52 bits per heavy atom. The predicted octanol–water partition coefficient (Wildman–Crippen LogP) is 3.07. The van der Waals surface area contributed by atoms with Crippen molar-refractivity contribution in [2.45, 2.75) is 178 Å². The number of carbonyl (C=O) groups is 15. The number of aromatic nitrogens is 1. The number of fused-ring (bicyclic) bond motifs is 1. The number of aromatic amines is 1. The fourth-order valence-corrected chi connectivity index (χ4v) is 15.4. The summed E-state index contributed by atoms with van der Waals surface area (Å²) in [5.74, 6) is -14.6. The average Bonchev–Trinajstić information content (AvgIpc) is 1.78. The number of aliphatic carboxylic acids is 1. The minimum absolute atomic E-state index is 0.0490. The SMILES string of the molecule is CCCCC(C(=O)N(C)CC(=O)NC(CC(=O)O)C(=O)NC(C(=O)N(C)C(Cc1ccccc1)C(=O)NC(Cc1ccc(O)cc1)C(=O)N(C)CC(=O)NC(Cc1c[nH]c2ccccc12)C(=O)NC(Cc1ccc(O)cc1)C(=O)NC(CC(C)C)C(=O)NC(CSCC(=O)NC(Cc1ccc(Cl)cc1)C(=O)NC)C(=O)NCC(N)O)C(C)C)N(C)C(=O)CCc1ccccc1. The molecule has 0 saturated heterocycles. The number of nitrogens with two attached hydrogens (primary N) is 1. The van der Waals surface area contributed by atoms with E-state index in [-0.39, 0.29) is 86.2 Å². The van der Waals surface area contributed by atoms with Crippen molar-refractivity contribution in [3.05, 3.63) is 202 Å². The summed E-state index contributed by atoms with van der Waals surface area (Å²) in [6.07, 6.45) is 0.225. The number of benzene rings is 6. The molecule has 11 atom stereocenters. The van der Waals surface area contributed by atoms with Crippen LogP contribution in [-0.2, 0) is 110 Å². The van der Waals surface area contributed by atoms with Crippen molar-refractivity contribution in [3.8, 4) is 11.5 Å². The Hall–Kier alpha value is -12.9. The normalized spacial score (nSPS) is 13.7. The fourth-order valence-electron chi connectivity index (χ4n) is 14.4. The van der Waals surface area contributed by atoms with Gasteiger partial charge in [-0.15, -0.1) is 11.8 Å². The Morgan fingerprint density at radius 2 is 0.962 bits per heavy atom. The summed E-state index contributed by atoms with van der Waals surface area (Å²) in [7, 11) is 6.81. The topological polar surface area (TPSA) is 512 Å². The predicted molar refractivity (Wildman–Crippen MR) is 490 cm³/mol. The Labute approximate surface area is 765 Å². The zero-order valence-corrected chi connectivity index (χ0v) is 76.3. The zero-order valence-electron chi connectivity index (χ0n) is 74.7. The maximum Gasteiger partial charge on any atom is 0.305 e. The molecule has 0 aliphatic rings. The van der Waals surface area contributed by atoms with Crippen molar-refractivity contribution in [2.75, 3.05) is 66.4 Å². The quantitative estimate of drug-likeness (QED) is 0.0244. The first-order valence-electron chi connectivity index (χ1n) is 42.9. The number of halogens is 1. The van der Waals surface area contributed by atoms with E-state index < -0.39 is 181 Å². The number of hydrogen-bond acceptors (Lipinski definition) is 20. The van der Waals surface area contributed by atoms with Gasteiger partial charge < -0.3 is 104 Å². The van der Waals surface area contributed by atoms with Crippen LogP contribution in [-0.4, -0.2) is 267 Å². The van der Waals surface area contributed by atoms with E-state index in [1.807, 2.05) is 37.3 Å². The molecule has 7 rings (SSSR count). The molecule has 6 aromatic carbocycles. The van der Waals surface area contributed by atoms with Crippen molar-refractivity contribution in [3.63, 3.8) is 0 Å². The molecule has 17 N–H and O–H groups in total. The van der Waals surface area contributed by atoms with E-state index in [1.165, 1.54) is 88.7 Å².